The van der Waals surface area contributed by atoms with Gasteiger partial charge in [-0.2, -0.15) is 0 Å². The van der Waals surface area contributed by atoms with Crippen molar-refractivity contribution in [2.75, 3.05) is 20.3 Å². The van der Waals surface area contributed by atoms with Crippen molar-refractivity contribution in [1.82, 2.24) is 0 Å². The van der Waals surface area contributed by atoms with Crippen LogP contribution in [-0.2, 0) is 31.3 Å². The smallest absolute Gasteiger partial charge is 0.305 e. The molecule has 19 heavy (non-hydrogen) atoms. The standard InChI is InChI=1S/C14H19NO4/c1-17-13(16)6-7-14(18-8-9-19-14)12-4-2-11(10-15)3-5-12/h2-5H,6-10,15H2,1H3. The number of methoxy groups -OCH3 is 1. The van der Waals surface area contributed by atoms with E-state index in [4.69, 9.17) is 15.2 Å². The molecule has 0 aliphatic carbocycles. The van der Waals surface area contributed by atoms with E-state index in [-0.39, 0.29) is 12.4 Å². The minimum Gasteiger partial charge on any atom is -0.469 e. The second-order valence-corrected chi connectivity index (χ2v) is 4.43. The maximum Gasteiger partial charge on any atom is 0.305 e. The van der Waals surface area contributed by atoms with Crippen molar-refractivity contribution >= 4 is 5.97 Å². The average molecular weight is 265 g/mol. The van der Waals surface area contributed by atoms with Crippen LogP contribution in [0.5, 0.6) is 0 Å². The molecule has 1 heterocycles. The van der Waals surface area contributed by atoms with Gasteiger partial charge in [0.05, 0.1) is 26.7 Å². The summed E-state index contributed by atoms with van der Waals surface area (Å²) in [7, 11) is 1.38. The molecule has 104 valence electrons. The predicted molar refractivity (Wildman–Crippen MR) is 69.2 cm³/mol. The lowest BCUT2D eigenvalue weighted by atomic mass is 9.99. The number of hydrogen-bond acceptors (Lipinski definition) is 5. The van der Waals surface area contributed by atoms with Gasteiger partial charge < -0.3 is 19.9 Å². The normalized spacial score (nSPS) is 17.4. The van der Waals surface area contributed by atoms with Crippen molar-refractivity contribution < 1.29 is 19.0 Å². The number of nitrogens with two attached hydrogens (primary N) is 1. The van der Waals surface area contributed by atoms with E-state index >= 15 is 0 Å². The topological polar surface area (TPSA) is 70.8 Å². The van der Waals surface area contributed by atoms with Gasteiger partial charge in [0.1, 0.15) is 0 Å². The third-order valence-corrected chi connectivity index (χ3v) is 3.27. The van der Waals surface area contributed by atoms with Crippen LogP contribution in [0.3, 0.4) is 0 Å². The van der Waals surface area contributed by atoms with Gasteiger partial charge in [0.25, 0.3) is 0 Å². The van der Waals surface area contributed by atoms with E-state index in [1.807, 2.05) is 24.3 Å². The summed E-state index contributed by atoms with van der Waals surface area (Å²) in [6, 6.07) is 7.76. The van der Waals surface area contributed by atoms with Crippen LogP contribution in [0.4, 0.5) is 0 Å². The molecule has 5 heteroatoms. The quantitative estimate of drug-likeness (QED) is 0.812. The number of rotatable bonds is 5. The lowest BCUT2D eigenvalue weighted by Crippen LogP contribution is -2.28. The second kappa shape index (κ2) is 6.14. The van der Waals surface area contributed by atoms with Crippen molar-refractivity contribution in [3.05, 3.63) is 35.4 Å². The summed E-state index contributed by atoms with van der Waals surface area (Å²) >= 11 is 0. The SMILES string of the molecule is COC(=O)CCC1(c2ccc(CN)cc2)OCCO1. The Balaban J connectivity index is 2.15. The zero-order valence-electron chi connectivity index (χ0n) is 11.1. The highest BCUT2D eigenvalue weighted by atomic mass is 16.7. The molecule has 1 aromatic carbocycles. The van der Waals surface area contributed by atoms with Crippen LogP contribution >= 0.6 is 0 Å². The second-order valence-electron chi connectivity index (χ2n) is 4.43. The van der Waals surface area contributed by atoms with Crippen molar-refractivity contribution in [2.24, 2.45) is 5.73 Å². The Hall–Kier alpha value is -1.43. The van der Waals surface area contributed by atoms with Crippen LogP contribution in [0, 0.1) is 0 Å². The average Bonchev–Trinajstić information content (AvgIpc) is 2.95. The van der Waals surface area contributed by atoms with Crippen LogP contribution in [0.25, 0.3) is 0 Å². The first-order valence-electron chi connectivity index (χ1n) is 6.34. The van der Waals surface area contributed by atoms with Gasteiger partial charge in [-0.05, 0) is 5.56 Å². The van der Waals surface area contributed by atoms with Gasteiger partial charge in [0, 0.05) is 18.5 Å². The minimum absolute atomic E-state index is 0.259. The number of carbonyl (C=O) groups is 1. The molecule has 0 amide bonds. The number of carbonyl (C=O) groups excluding carboxylic acids is 1. The molecule has 0 aromatic heterocycles. The highest BCUT2D eigenvalue weighted by Gasteiger charge is 2.38. The molecule has 5 nitrogen and oxygen atoms in total. The first-order chi connectivity index (χ1) is 9.20. The van der Waals surface area contributed by atoms with Crippen molar-refractivity contribution in [3.8, 4) is 0 Å². The summed E-state index contributed by atoms with van der Waals surface area (Å²) in [4.78, 5) is 11.3. The van der Waals surface area contributed by atoms with Crippen molar-refractivity contribution in [2.45, 2.75) is 25.2 Å². The molecule has 0 unspecified atom stereocenters. The van der Waals surface area contributed by atoms with E-state index < -0.39 is 5.79 Å². The molecule has 0 bridgehead atoms. The Morgan fingerprint density at radius 3 is 2.47 bits per heavy atom. The fourth-order valence-corrected chi connectivity index (χ4v) is 2.17. The molecular weight excluding hydrogens is 246 g/mol. The molecule has 0 spiro atoms. The van der Waals surface area contributed by atoms with E-state index in [1.165, 1.54) is 7.11 Å². The minimum atomic E-state index is -0.832. The Bertz CT molecular complexity index is 424. The molecule has 2 N–H and O–H groups in total. The number of esters is 1. The molecule has 1 aliphatic heterocycles. The molecule has 1 aromatic rings. The summed E-state index contributed by atoms with van der Waals surface area (Å²) < 4.78 is 16.1. The van der Waals surface area contributed by atoms with Crippen LogP contribution in [0.15, 0.2) is 24.3 Å². The molecule has 1 aliphatic rings. The lowest BCUT2D eigenvalue weighted by molar-refractivity contribution is -0.177. The summed E-state index contributed by atoms with van der Waals surface area (Å²) in [6.45, 7) is 1.55. The first-order valence-corrected chi connectivity index (χ1v) is 6.34. The van der Waals surface area contributed by atoms with E-state index in [0.717, 1.165) is 11.1 Å². The van der Waals surface area contributed by atoms with E-state index in [2.05, 4.69) is 4.74 Å². The molecule has 0 saturated carbocycles. The van der Waals surface area contributed by atoms with Gasteiger partial charge in [-0.15, -0.1) is 0 Å². The number of benzene rings is 1. The fraction of sp³-hybridized carbons (Fsp3) is 0.500. The van der Waals surface area contributed by atoms with Crippen molar-refractivity contribution in [3.63, 3.8) is 0 Å². The third-order valence-electron chi connectivity index (χ3n) is 3.27. The molecular formula is C14H19NO4. The maximum atomic E-state index is 11.3. The van der Waals surface area contributed by atoms with E-state index in [0.29, 0.717) is 26.2 Å². The summed E-state index contributed by atoms with van der Waals surface area (Å²) in [5.41, 5.74) is 7.53. The van der Waals surface area contributed by atoms with Crippen molar-refractivity contribution in [1.29, 1.82) is 0 Å². The zero-order valence-corrected chi connectivity index (χ0v) is 11.1. The van der Waals surface area contributed by atoms with Gasteiger partial charge in [-0.25, -0.2) is 0 Å². The lowest BCUT2D eigenvalue weighted by Gasteiger charge is -2.27. The zero-order chi connectivity index (χ0) is 13.7. The predicted octanol–water partition coefficient (Wildman–Crippen LogP) is 1.30. The Morgan fingerprint density at radius 1 is 1.32 bits per heavy atom. The van der Waals surface area contributed by atoms with Gasteiger partial charge in [0.2, 0.25) is 0 Å². The van der Waals surface area contributed by atoms with Gasteiger partial charge in [-0.3, -0.25) is 4.79 Å². The molecule has 1 saturated heterocycles. The Kier molecular flexibility index (Phi) is 4.52. The van der Waals surface area contributed by atoms with Gasteiger partial charge in [0.15, 0.2) is 5.79 Å². The van der Waals surface area contributed by atoms with Crippen LogP contribution < -0.4 is 5.73 Å². The maximum absolute atomic E-state index is 11.3. The summed E-state index contributed by atoms with van der Waals surface area (Å²) in [6.07, 6.45) is 0.705. The van der Waals surface area contributed by atoms with Crippen LogP contribution in [0.1, 0.15) is 24.0 Å². The number of hydrogen-bond donors (Lipinski definition) is 1. The van der Waals surface area contributed by atoms with Gasteiger partial charge in [-0.1, -0.05) is 24.3 Å². The van der Waals surface area contributed by atoms with E-state index in [9.17, 15) is 4.79 Å². The summed E-state index contributed by atoms with van der Waals surface area (Å²) in [5, 5.41) is 0. The molecule has 0 radical (unpaired) electrons. The molecule has 1 fully saturated rings. The Labute approximate surface area is 112 Å². The van der Waals surface area contributed by atoms with Gasteiger partial charge >= 0.3 is 5.97 Å². The van der Waals surface area contributed by atoms with E-state index in [1.54, 1.807) is 0 Å². The monoisotopic (exact) mass is 265 g/mol. The first kappa shape index (κ1) is 14.0. The summed E-state index contributed by atoms with van der Waals surface area (Å²) in [5.74, 6) is -1.10. The van der Waals surface area contributed by atoms with Crippen LogP contribution in [-0.4, -0.2) is 26.3 Å². The Morgan fingerprint density at radius 2 is 1.95 bits per heavy atom. The molecule has 2 rings (SSSR count). The highest BCUT2D eigenvalue weighted by molar-refractivity contribution is 5.69. The molecule has 0 atom stereocenters. The van der Waals surface area contributed by atoms with Crippen LogP contribution in [0.2, 0.25) is 0 Å². The third kappa shape index (κ3) is 3.12. The highest BCUT2D eigenvalue weighted by Crippen LogP contribution is 2.36. The fourth-order valence-electron chi connectivity index (χ4n) is 2.17. The largest absolute Gasteiger partial charge is 0.469 e. The number of ether oxygens (including phenoxy) is 3.